The van der Waals surface area contributed by atoms with E-state index in [9.17, 15) is 4.79 Å². The van der Waals surface area contributed by atoms with E-state index >= 15 is 0 Å². The van der Waals surface area contributed by atoms with Crippen LogP contribution in [0.15, 0.2) is 30.3 Å². The molecule has 4 heteroatoms. The minimum Gasteiger partial charge on any atom is -0.340 e. The maximum absolute atomic E-state index is 12.3. The average Bonchev–Trinajstić information content (AvgIpc) is 2.47. The Morgan fingerprint density at radius 1 is 1.28 bits per heavy atom. The summed E-state index contributed by atoms with van der Waals surface area (Å²) in [6, 6.07) is 9.60. The van der Waals surface area contributed by atoms with Gasteiger partial charge in [0.25, 0.3) is 0 Å². The van der Waals surface area contributed by atoms with Gasteiger partial charge in [0.15, 0.2) is 0 Å². The third kappa shape index (κ3) is 2.89. The summed E-state index contributed by atoms with van der Waals surface area (Å²) >= 11 is 0. The second-order valence-electron chi connectivity index (χ2n) is 4.80. The molecule has 0 aliphatic carbocycles. The standard InChI is InChI=1S/C14H21N3O/c1-11(13(15)12-5-3-2-4-6-12)14(18)17-9-7-16-8-10-17/h2-6,11,13,16H,7-10,15H2,1H3. The highest BCUT2D eigenvalue weighted by Gasteiger charge is 2.27. The van der Waals surface area contributed by atoms with Crippen LogP contribution in [0.3, 0.4) is 0 Å². The lowest BCUT2D eigenvalue weighted by molar-refractivity contribution is -0.136. The topological polar surface area (TPSA) is 58.4 Å². The van der Waals surface area contributed by atoms with Crippen LogP contribution in [0.4, 0.5) is 0 Å². The molecule has 0 spiro atoms. The summed E-state index contributed by atoms with van der Waals surface area (Å²) in [7, 11) is 0. The number of rotatable bonds is 3. The Morgan fingerprint density at radius 3 is 2.50 bits per heavy atom. The second kappa shape index (κ2) is 5.98. The minimum atomic E-state index is -0.228. The van der Waals surface area contributed by atoms with Gasteiger partial charge >= 0.3 is 0 Å². The molecule has 0 saturated carbocycles. The molecule has 1 aliphatic heterocycles. The van der Waals surface area contributed by atoms with Gasteiger partial charge in [-0.05, 0) is 5.56 Å². The smallest absolute Gasteiger partial charge is 0.227 e. The lowest BCUT2D eigenvalue weighted by atomic mass is 9.94. The van der Waals surface area contributed by atoms with Crippen LogP contribution in [-0.4, -0.2) is 37.0 Å². The average molecular weight is 247 g/mol. The van der Waals surface area contributed by atoms with Gasteiger partial charge in [0.05, 0.1) is 5.92 Å². The number of hydrogen-bond donors (Lipinski definition) is 2. The van der Waals surface area contributed by atoms with Gasteiger partial charge in [-0.1, -0.05) is 37.3 Å². The Bertz CT molecular complexity index is 387. The summed E-state index contributed by atoms with van der Waals surface area (Å²) in [5.41, 5.74) is 7.20. The molecular formula is C14H21N3O. The van der Waals surface area contributed by atoms with Crippen molar-refractivity contribution < 1.29 is 4.79 Å². The number of carbonyl (C=O) groups excluding carboxylic acids is 1. The molecular weight excluding hydrogens is 226 g/mol. The van der Waals surface area contributed by atoms with Crippen LogP contribution >= 0.6 is 0 Å². The van der Waals surface area contributed by atoms with Crippen LogP contribution in [0.25, 0.3) is 0 Å². The molecule has 2 rings (SSSR count). The molecule has 1 fully saturated rings. The first-order chi connectivity index (χ1) is 8.70. The molecule has 1 aliphatic rings. The van der Waals surface area contributed by atoms with E-state index in [4.69, 9.17) is 5.73 Å². The SMILES string of the molecule is CC(C(=O)N1CCNCC1)C(N)c1ccccc1. The number of nitrogens with zero attached hydrogens (tertiary/aromatic N) is 1. The van der Waals surface area contributed by atoms with Gasteiger partial charge in [0.1, 0.15) is 0 Å². The number of amides is 1. The van der Waals surface area contributed by atoms with Crippen molar-refractivity contribution in [3.63, 3.8) is 0 Å². The normalized spacial score (nSPS) is 19.3. The predicted molar refractivity (Wildman–Crippen MR) is 72.0 cm³/mol. The first-order valence-corrected chi connectivity index (χ1v) is 6.50. The van der Waals surface area contributed by atoms with Gasteiger partial charge in [-0.15, -0.1) is 0 Å². The predicted octanol–water partition coefficient (Wildman–Crippen LogP) is 0.754. The van der Waals surface area contributed by atoms with E-state index in [1.807, 2.05) is 42.2 Å². The highest BCUT2D eigenvalue weighted by Crippen LogP contribution is 2.21. The molecule has 1 aromatic rings. The van der Waals surface area contributed by atoms with Gasteiger partial charge in [-0.2, -0.15) is 0 Å². The Morgan fingerprint density at radius 2 is 1.89 bits per heavy atom. The summed E-state index contributed by atoms with van der Waals surface area (Å²) in [4.78, 5) is 14.2. The molecule has 1 heterocycles. The van der Waals surface area contributed by atoms with Crippen molar-refractivity contribution in [1.82, 2.24) is 10.2 Å². The number of hydrogen-bond acceptors (Lipinski definition) is 3. The number of nitrogens with one attached hydrogen (secondary N) is 1. The lowest BCUT2D eigenvalue weighted by Gasteiger charge is -2.31. The van der Waals surface area contributed by atoms with Crippen LogP contribution in [-0.2, 0) is 4.79 Å². The largest absolute Gasteiger partial charge is 0.340 e. The lowest BCUT2D eigenvalue weighted by Crippen LogP contribution is -2.49. The molecule has 4 nitrogen and oxygen atoms in total. The number of nitrogens with two attached hydrogens (primary N) is 1. The number of piperazine rings is 1. The van der Waals surface area contributed by atoms with E-state index in [2.05, 4.69) is 5.32 Å². The molecule has 3 N–H and O–H groups in total. The van der Waals surface area contributed by atoms with E-state index in [0.717, 1.165) is 31.7 Å². The summed E-state index contributed by atoms with van der Waals surface area (Å²) in [5.74, 6) is -0.0154. The molecule has 1 aromatic carbocycles. The van der Waals surface area contributed by atoms with Crippen molar-refractivity contribution in [3.8, 4) is 0 Å². The van der Waals surface area contributed by atoms with Crippen molar-refractivity contribution in [2.45, 2.75) is 13.0 Å². The second-order valence-corrected chi connectivity index (χ2v) is 4.80. The first kappa shape index (κ1) is 13.1. The zero-order valence-electron chi connectivity index (χ0n) is 10.8. The van der Waals surface area contributed by atoms with Gasteiger partial charge in [-0.25, -0.2) is 0 Å². The Balaban J connectivity index is 2.01. The van der Waals surface area contributed by atoms with Crippen molar-refractivity contribution in [1.29, 1.82) is 0 Å². The highest BCUT2D eigenvalue weighted by atomic mass is 16.2. The van der Waals surface area contributed by atoms with Gasteiger partial charge in [0.2, 0.25) is 5.91 Å². The monoisotopic (exact) mass is 247 g/mol. The van der Waals surface area contributed by atoms with Gasteiger partial charge in [-0.3, -0.25) is 4.79 Å². The molecule has 98 valence electrons. The maximum atomic E-state index is 12.3. The number of carbonyl (C=O) groups is 1. The maximum Gasteiger partial charge on any atom is 0.227 e. The first-order valence-electron chi connectivity index (χ1n) is 6.50. The van der Waals surface area contributed by atoms with Crippen molar-refractivity contribution >= 4 is 5.91 Å². The van der Waals surface area contributed by atoms with Crippen molar-refractivity contribution in [2.24, 2.45) is 11.7 Å². The van der Waals surface area contributed by atoms with Crippen LogP contribution in [0.5, 0.6) is 0 Å². The molecule has 2 atom stereocenters. The zero-order valence-corrected chi connectivity index (χ0v) is 10.8. The van der Waals surface area contributed by atoms with Gasteiger partial charge in [0, 0.05) is 32.2 Å². The van der Waals surface area contributed by atoms with E-state index < -0.39 is 0 Å². The summed E-state index contributed by atoms with van der Waals surface area (Å²) in [6.45, 7) is 5.23. The fraction of sp³-hybridized carbons (Fsp3) is 0.500. The van der Waals surface area contributed by atoms with Crippen LogP contribution in [0, 0.1) is 5.92 Å². The Hall–Kier alpha value is -1.39. The summed E-state index contributed by atoms with van der Waals surface area (Å²) in [6.07, 6.45) is 0. The van der Waals surface area contributed by atoms with Gasteiger partial charge < -0.3 is 16.0 Å². The fourth-order valence-corrected chi connectivity index (χ4v) is 2.29. The molecule has 18 heavy (non-hydrogen) atoms. The zero-order chi connectivity index (χ0) is 13.0. The van der Waals surface area contributed by atoms with E-state index in [0.29, 0.717) is 0 Å². The van der Waals surface area contributed by atoms with E-state index in [1.165, 1.54) is 0 Å². The van der Waals surface area contributed by atoms with Crippen molar-refractivity contribution in [3.05, 3.63) is 35.9 Å². The summed E-state index contributed by atoms with van der Waals surface area (Å²) in [5, 5.41) is 3.24. The molecule has 1 saturated heterocycles. The molecule has 0 radical (unpaired) electrons. The van der Waals surface area contributed by atoms with E-state index in [-0.39, 0.29) is 17.9 Å². The van der Waals surface area contributed by atoms with E-state index in [1.54, 1.807) is 0 Å². The molecule has 2 unspecified atom stereocenters. The highest BCUT2D eigenvalue weighted by molar-refractivity contribution is 5.79. The third-order valence-electron chi connectivity index (χ3n) is 3.54. The van der Waals surface area contributed by atoms with Crippen LogP contribution < -0.4 is 11.1 Å². The quantitative estimate of drug-likeness (QED) is 0.829. The minimum absolute atomic E-state index is 0.160. The van der Waals surface area contributed by atoms with Crippen molar-refractivity contribution in [2.75, 3.05) is 26.2 Å². The number of benzene rings is 1. The molecule has 0 bridgehead atoms. The molecule has 1 amide bonds. The Labute approximate surface area is 108 Å². The summed E-state index contributed by atoms with van der Waals surface area (Å²) < 4.78 is 0. The molecule has 0 aromatic heterocycles. The third-order valence-corrected chi connectivity index (χ3v) is 3.54. The Kier molecular flexibility index (Phi) is 4.33. The van der Waals surface area contributed by atoms with Crippen LogP contribution in [0.1, 0.15) is 18.5 Å². The van der Waals surface area contributed by atoms with Crippen LogP contribution in [0.2, 0.25) is 0 Å². The fourth-order valence-electron chi connectivity index (χ4n) is 2.29.